The molecule has 7 heteroatoms. The largest absolute Gasteiger partial charge is 0.393 e. The molecule has 112 valence electrons. The third-order valence-electron chi connectivity index (χ3n) is 3.39. The average Bonchev–Trinajstić information content (AvgIpc) is 2.58. The Labute approximate surface area is 137 Å². The topological polar surface area (TPSA) is 106 Å². The number of fused-ring (bicyclic) bond motifs is 1. The Balaban J connectivity index is 2.12. The van der Waals surface area contributed by atoms with Gasteiger partial charge in [-0.1, -0.05) is 42.5 Å². The van der Waals surface area contributed by atoms with Crippen LogP contribution in [0.1, 0.15) is 11.3 Å². The minimum atomic E-state index is 0.00381. The standard InChI is InChI=1S/C16H12N6S/c17-8-13-14(18)15(19)22(16(23)21-13)20-9-11-6-3-5-10-4-1-2-7-12(10)11/h1-7,9H,18-19H2/b20-9+. The maximum atomic E-state index is 8.94. The summed E-state index contributed by atoms with van der Waals surface area (Å²) in [7, 11) is 0. The van der Waals surface area contributed by atoms with Crippen molar-refractivity contribution in [2.75, 3.05) is 11.5 Å². The Kier molecular flexibility index (Phi) is 3.75. The zero-order valence-corrected chi connectivity index (χ0v) is 12.8. The molecule has 23 heavy (non-hydrogen) atoms. The van der Waals surface area contributed by atoms with Gasteiger partial charge < -0.3 is 11.5 Å². The molecule has 1 heterocycles. The van der Waals surface area contributed by atoms with Crippen molar-refractivity contribution in [3.63, 3.8) is 0 Å². The summed E-state index contributed by atoms with van der Waals surface area (Å²) in [4.78, 5) is 3.92. The number of nitrogens with zero attached hydrogens (tertiary/aromatic N) is 4. The number of aromatic nitrogens is 2. The molecule has 3 aromatic rings. The van der Waals surface area contributed by atoms with Crippen LogP contribution < -0.4 is 11.5 Å². The highest BCUT2D eigenvalue weighted by Crippen LogP contribution is 2.19. The predicted molar refractivity (Wildman–Crippen MR) is 93.5 cm³/mol. The van der Waals surface area contributed by atoms with E-state index in [9.17, 15) is 0 Å². The van der Waals surface area contributed by atoms with Crippen molar-refractivity contribution in [2.45, 2.75) is 0 Å². The first kappa shape index (κ1) is 14.7. The first-order valence-corrected chi connectivity index (χ1v) is 7.13. The summed E-state index contributed by atoms with van der Waals surface area (Å²) < 4.78 is 1.32. The molecule has 2 aromatic carbocycles. The lowest BCUT2D eigenvalue weighted by atomic mass is 10.1. The van der Waals surface area contributed by atoms with Gasteiger partial charge in [-0.25, -0.2) is 4.98 Å². The van der Waals surface area contributed by atoms with Gasteiger partial charge in [0.15, 0.2) is 11.5 Å². The molecule has 0 amide bonds. The van der Waals surface area contributed by atoms with E-state index in [2.05, 4.69) is 10.1 Å². The van der Waals surface area contributed by atoms with Crippen molar-refractivity contribution >= 4 is 40.7 Å². The van der Waals surface area contributed by atoms with Crippen molar-refractivity contribution in [3.8, 4) is 6.07 Å². The van der Waals surface area contributed by atoms with E-state index in [1.165, 1.54) is 4.68 Å². The second-order valence-corrected chi connectivity index (χ2v) is 5.14. The van der Waals surface area contributed by atoms with Crippen molar-refractivity contribution < 1.29 is 0 Å². The Morgan fingerprint density at radius 3 is 2.70 bits per heavy atom. The maximum Gasteiger partial charge on any atom is 0.223 e. The minimum Gasteiger partial charge on any atom is -0.393 e. The summed E-state index contributed by atoms with van der Waals surface area (Å²) in [6.07, 6.45) is 1.64. The number of anilines is 2. The molecule has 0 fully saturated rings. The van der Waals surface area contributed by atoms with E-state index < -0.39 is 0 Å². The average molecular weight is 320 g/mol. The van der Waals surface area contributed by atoms with Gasteiger partial charge in [0.25, 0.3) is 0 Å². The molecule has 0 atom stereocenters. The van der Waals surface area contributed by atoms with E-state index in [-0.39, 0.29) is 22.0 Å². The fourth-order valence-corrected chi connectivity index (χ4v) is 2.46. The first-order chi connectivity index (χ1) is 11.1. The Morgan fingerprint density at radius 2 is 1.91 bits per heavy atom. The molecule has 3 rings (SSSR count). The third-order valence-corrected chi connectivity index (χ3v) is 3.65. The molecule has 0 saturated carbocycles. The van der Waals surface area contributed by atoms with Crippen molar-refractivity contribution in [1.82, 2.24) is 9.66 Å². The summed E-state index contributed by atoms with van der Waals surface area (Å²) in [5.41, 5.74) is 12.7. The van der Waals surface area contributed by atoms with Crippen molar-refractivity contribution in [1.29, 1.82) is 5.26 Å². The lowest BCUT2D eigenvalue weighted by molar-refractivity contribution is 0.831. The SMILES string of the molecule is N#Cc1nc(=S)n(/N=C/c2cccc3ccccc23)c(N)c1N. The van der Waals surface area contributed by atoms with Crippen LogP contribution in [0, 0.1) is 16.1 Å². The Bertz CT molecular complexity index is 1020. The van der Waals surface area contributed by atoms with Gasteiger partial charge in [-0.05, 0) is 23.0 Å². The third kappa shape index (κ3) is 2.63. The monoisotopic (exact) mass is 320 g/mol. The number of nitrogens with two attached hydrogens (primary N) is 2. The van der Waals surface area contributed by atoms with Gasteiger partial charge in [0, 0.05) is 5.56 Å². The summed E-state index contributed by atoms with van der Waals surface area (Å²) >= 11 is 5.12. The predicted octanol–water partition coefficient (Wildman–Crippen LogP) is 2.68. The van der Waals surface area contributed by atoms with E-state index in [4.69, 9.17) is 28.9 Å². The van der Waals surface area contributed by atoms with Crippen LogP contribution in [-0.2, 0) is 0 Å². The van der Waals surface area contributed by atoms with Crippen LogP contribution in [0.2, 0.25) is 0 Å². The molecule has 1 aromatic heterocycles. The maximum absolute atomic E-state index is 8.94. The second-order valence-electron chi connectivity index (χ2n) is 4.78. The number of benzene rings is 2. The minimum absolute atomic E-state index is 0.00381. The zero-order valence-electron chi connectivity index (χ0n) is 12.0. The number of rotatable bonds is 2. The van der Waals surface area contributed by atoms with Gasteiger partial charge in [-0.15, -0.1) is 0 Å². The van der Waals surface area contributed by atoms with Gasteiger partial charge in [0.2, 0.25) is 4.77 Å². The Morgan fingerprint density at radius 1 is 1.17 bits per heavy atom. The normalized spacial score (nSPS) is 10.9. The highest BCUT2D eigenvalue weighted by molar-refractivity contribution is 7.71. The molecular formula is C16H12N6S. The molecule has 0 aliphatic heterocycles. The molecular weight excluding hydrogens is 308 g/mol. The summed E-state index contributed by atoms with van der Waals surface area (Å²) in [5, 5.41) is 15.4. The van der Waals surface area contributed by atoms with E-state index >= 15 is 0 Å². The van der Waals surface area contributed by atoms with Gasteiger partial charge in [-0.2, -0.15) is 15.0 Å². The fraction of sp³-hybridized carbons (Fsp3) is 0. The number of hydrogen-bond acceptors (Lipinski definition) is 6. The quantitative estimate of drug-likeness (QED) is 0.558. The van der Waals surface area contributed by atoms with Crippen LogP contribution >= 0.6 is 12.2 Å². The molecule has 0 radical (unpaired) electrons. The molecule has 0 bridgehead atoms. The van der Waals surface area contributed by atoms with Crippen LogP contribution in [0.4, 0.5) is 11.5 Å². The molecule has 0 aliphatic rings. The van der Waals surface area contributed by atoms with Crippen LogP contribution in [0.3, 0.4) is 0 Å². The second kappa shape index (κ2) is 5.87. The van der Waals surface area contributed by atoms with E-state index in [1.807, 2.05) is 48.5 Å². The van der Waals surface area contributed by atoms with Crippen LogP contribution in [0.5, 0.6) is 0 Å². The number of hydrogen-bond donors (Lipinski definition) is 2. The number of nitriles is 1. The smallest absolute Gasteiger partial charge is 0.223 e. The van der Waals surface area contributed by atoms with Gasteiger partial charge in [0.1, 0.15) is 11.8 Å². The molecule has 0 aliphatic carbocycles. The lowest BCUT2D eigenvalue weighted by Gasteiger charge is -2.08. The fourth-order valence-electron chi connectivity index (χ4n) is 2.22. The van der Waals surface area contributed by atoms with E-state index in [0.29, 0.717) is 0 Å². The molecule has 4 N–H and O–H groups in total. The van der Waals surface area contributed by atoms with Crippen LogP contribution in [0.15, 0.2) is 47.6 Å². The van der Waals surface area contributed by atoms with Gasteiger partial charge in [-0.3, -0.25) is 0 Å². The summed E-state index contributed by atoms with van der Waals surface area (Å²) in [5.74, 6) is 0.0954. The van der Waals surface area contributed by atoms with E-state index in [0.717, 1.165) is 16.3 Å². The van der Waals surface area contributed by atoms with Gasteiger partial charge >= 0.3 is 0 Å². The first-order valence-electron chi connectivity index (χ1n) is 6.72. The molecule has 0 saturated heterocycles. The molecule has 0 spiro atoms. The highest BCUT2D eigenvalue weighted by atomic mass is 32.1. The molecule has 0 unspecified atom stereocenters. The van der Waals surface area contributed by atoms with Crippen LogP contribution in [0.25, 0.3) is 10.8 Å². The summed E-state index contributed by atoms with van der Waals surface area (Å²) in [6, 6.07) is 15.7. The number of nitrogen functional groups attached to an aromatic ring is 2. The van der Waals surface area contributed by atoms with Crippen LogP contribution in [-0.4, -0.2) is 15.9 Å². The highest BCUT2D eigenvalue weighted by Gasteiger charge is 2.09. The van der Waals surface area contributed by atoms with Crippen molar-refractivity contribution in [3.05, 3.63) is 58.5 Å². The summed E-state index contributed by atoms with van der Waals surface area (Å²) in [6.45, 7) is 0. The lowest BCUT2D eigenvalue weighted by Crippen LogP contribution is -2.10. The van der Waals surface area contributed by atoms with Crippen molar-refractivity contribution in [2.24, 2.45) is 5.10 Å². The zero-order chi connectivity index (χ0) is 16.4. The van der Waals surface area contributed by atoms with Gasteiger partial charge in [0.05, 0.1) is 6.21 Å². The Hall–Kier alpha value is -3.24. The van der Waals surface area contributed by atoms with E-state index in [1.54, 1.807) is 6.21 Å². The molecule has 6 nitrogen and oxygen atoms in total.